The number of nitrogens with zero attached hydrogens (tertiary/aromatic N) is 1. The monoisotopic (exact) mass is 248 g/mol. The normalized spacial score (nSPS) is 19.1. The number of carbonyl (C=O) groups excluding carboxylic acids is 2. The first kappa shape index (κ1) is 12.4. The number of amides is 2. The number of likely N-dealkylation sites (N-methyl/N-ethyl adjacent to an activating group) is 1. The van der Waals surface area contributed by atoms with Crippen LogP contribution in [0, 0.1) is 0 Å². The predicted octanol–water partition coefficient (Wildman–Crippen LogP) is 1.50. The van der Waals surface area contributed by atoms with Gasteiger partial charge in [-0.15, -0.1) is 0 Å². The second-order valence-corrected chi connectivity index (χ2v) is 4.21. The third-order valence-corrected chi connectivity index (χ3v) is 3.20. The Bertz CT molecular complexity index is 499. The van der Waals surface area contributed by atoms with Gasteiger partial charge in [0.2, 0.25) is 5.91 Å². The van der Waals surface area contributed by atoms with Crippen molar-refractivity contribution in [2.24, 2.45) is 0 Å². The highest BCUT2D eigenvalue weighted by Gasteiger charge is 2.32. The van der Waals surface area contributed by atoms with Gasteiger partial charge in [0, 0.05) is 7.05 Å². The first-order valence-corrected chi connectivity index (χ1v) is 5.85. The smallest absolute Gasteiger partial charge is 0.256 e. The summed E-state index contributed by atoms with van der Waals surface area (Å²) >= 11 is 0. The third-order valence-electron chi connectivity index (χ3n) is 3.20. The molecule has 0 spiro atoms. The molecule has 0 unspecified atom stereocenters. The number of fused-ring (bicyclic) bond motifs is 1. The number of hydrogen-bond acceptors (Lipinski definition) is 3. The largest absolute Gasteiger partial charge is 0.495 e. The zero-order valence-electron chi connectivity index (χ0n) is 10.7. The molecule has 0 saturated heterocycles. The standard InChI is InChI=1S/C13H16N2O3/c1-4-9-12(16)14-11-8(13(17)15(9)2)6-5-7-10(11)18-3/h5-7,9H,4H2,1-3H3,(H,14,16)/t9-/m0/s1. The minimum atomic E-state index is -0.449. The van der Waals surface area contributed by atoms with Gasteiger partial charge in [-0.3, -0.25) is 9.59 Å². The molecule has 1 N–H and O–H groups in total. The topological polar surface area (TPSA) is 58.6 Å². The van der Waals surface area contributed by atoms with Crippen molar-refractivity contribution in [1.82, 2.24) is 4.90 Å². The molecule has 0 aliphatic carbocycles. The van der Waals surface area contributed by atoms with Crippen LogP contribution in [0.1, 0.15) is 23.7 Å². The van der Waals surface area contributed by atoms with Crippen LogP contribution in [-0.2, 0) is 4.79 Å². The van der Waals surface area contributed by atoms with Crippen molar-refractivity contribution in [2.45, 2.75) is 19.4 Å². The van der Waals surface area contributed by atoms with Crippen molar-refractivity contribution >= 4 is 17.5 Å². The molecule has 0 radical (unpaired) electrons. The van der Waals surface area contributed by atoms with E-state index in [0.717, 1.165) is 0 Å². The first-order valence-electron chi connectivity index (χ1n) is 5.85. The van der Waals surface area contributed by atoms with Gasteiger partial charge in [0.1, 0.15) is 11.8 Å². The summed E-state index contributed by atoms with van der Waals surface area (Å²) in [5.41, 5.74) is 0.916. The van der Waals surface area contributed by atoms with Crippen molar-refractivity contribution < 1.29 is 14.3 Å². The van der Waals surface area contributed by atoms with Crippen molar-refractivity contribution in [3.63, 3.8) is 0 Å². The number of nitrogens with one attached hydrogen (secondary N) is 1. The molecule has 0 saturated carbocycles. The molecule has 0 bridgehead atoms. The van der Waals surface area contributed by atoms with E-state index in [0.29, 0.717) is 23.4 Å². The van der Waals surface area contributed by atoms with Gasteiger partial charge in [-0.25, -0.2) is 0 Å². The number of methoxy groups -OCH3 is 1. The van der Waals surface area contributed by atoms with Crippen molar-refractivity contribution in [2.75, 3.05) is 19.5 Å². The van der Waals surface area contributed by atoms with Crippen molar-refractivity contribution in [3.8, 4) is 5.75 Å². The molecule has 1 aromatic carbocycles. The maximum absolute atomic E-state index is 12.3. The maximum atomic E-state index is 12.3. The SMILES string of the molecule is CC[C@H]1C(=O)Nc2c(OC)cccc2C(=O)N1C. The van der Waals surface area contributed by atoms with Gasteiger partial charge in [0.05, 0.1) is 18.4 Å². The Balaban J connectivity index is 2.56. The highest BCUT2D eigenvalue weighted by atomic mass is 16.5. The molecule has 1 aliphatic heterocycles. The van der Waals surface area contributed by atoms with Crippen molar-refractivity contribution in [3.05, 3.63) is 23.8 Å². The van der Waals surface area contributed by atoms with Crippen LogP contribution in [0.15, 0.2) is 18.2 Å². The molecule has 5 heteroatoms. The van der Waals surface area contributed by atoms with Gasteiger partial charge in [0.15, 0.2) is 0 Å². The van der Waals surface area contributed by atoms with Crippen LogP contribution in [0.4, 0.5) is 5.69 Å². The summed E-state index contributed by atoms with van der Waals surface area (Å²) in [5, 5.41) is 2.78. The van der Waals surface area contributed by atoms with Crippen LogP contribution >= 0.6 is 0 Å². The Morgan fingerprint density at radius 3 is 2.72 bits per heavy atom. The van der Waals surface area contributed by atoms with Gasteiger partial charge in [-0.05, 0) is 18.6 Å². The number of para-hydroxylation sites is 1. The zero-order chi connectivity index (χ0) is 13.3. The van der Waals surface area contributed by atoms with E-state index in [1.807, 2.05) is 6.92 Å². The zero-order valence-corrected chi connectivity index (χ0v) is 10.7. The lowest BCUT2D eigenvalue weighted by molar-refractivity contribution is -0.120. The number of carbonyl (C=O) groups is 2. The first-order chi connectivity index (χ1) is 8.60. The van der Waals surface area contributed by atoms with E-state index < -0.39 is 6.04 Å². The molecule has 96 valence electrons. The fourth-order valence-electron chi connectivity index (χ4n) is 2.18. The van der Waals surface area contributed by atoms with Gasteiger partial charge < -0.3 is 15.0 Å². The molecule has 2 rings (SSSR count). The lowest BCUT2D eigenvalue weighted by Gasteiger charge is -2.22. The Kier molecular flexibility index (Phi) is 3.23. The summed E-state index contributed by atoms with van der Waals surface area (Å²) in [6, 6.07) is 4.70. The maximum Gasteiger partial charge on any atom is 0.256 e. The number of benzene rings is 1. The molecular formula is C13H16N2O3. The third kappa shape index (κ3) is 1.81. The Morgan fingerprint density at radius 2 is 2.11 bits per heavy atom. The lowest BCUT2D eigenvalue weighted by Crippen LogP contribution is -2.42. The highest BCUT2D eigenvalue weighted by molar-refractivity contribution is 6.10. The fraction of sp³-hybridized carbons (Fsp3) is 0.385. The van der Waals surface area contributed by atoms with Gasteiger partial charge in [0.25, 0.3) is 5.91 Å². The lowest BCUT2D eigenvalue weighted by atomic mass is 10.1. The van der Waals surface area contributed by atoms with E-state index in [4.69, 9.17) is 4.74 Å². The summed E-state index contributed by atoms with van der Waals surface area (Å²) in [6.45, 7) is 1.88. The summed E-state index contributed by atoms with van der Waals surface area (Å²) < 4.78 is 5.18. The number of rotatable bonds is 2. The average Bonchev–Trinajstić information content (AvgIpc) is 2.46. The minimum Gasteiger partial charge on any atom is -0.495 e. The Hall–Kier alpha value is -2.04. The van der Waals surface area contributed by atoms with Gasteiger partial charge >= 0.3 is 0 Å². The van der Waals surface area contributed by atoms with E-state index in [2.05, 4.69) is 5.32 Å². The quantitative estimate of drug-likeness (QED) is 0.862. The molecule has 18 heavy (non-hydrogen) atoms. The second-order valence-electron chi connectivity index (χ2n) is 4.21. The number of ether oxygens (including phenoxy) is 1. The molecule has 2 amide bonds. The van der Waals surface area contributed by atoms with Crippen molar-refractivity contribution in [1.29, 1.82) is 0 Å². The molecule has 1 aromatic rings. The summed E-state index contributed by atoms with van der Waals surface area (Å²) in [4.78, 5) is 25.8. The second kappa shape index (κ2) is 4.68. The van der Waals surface area contributed by atoms with Crippen LogP contribution < -0.4 is 10.1 Å². The van der Waals surface area contributed by atoms with E-state index in [9.17, 15) is 9.59 Å². The average molecular weight is 248 g/mol. The van der Waals surface area contributed by atoms with Crippen LogP contribution in [0.25, 0.3) is 0 Å². The number of anilines is 1. The van der Waals surface area contributed by atoms with E-state index in [1.165, 1.54) is 12.0 Å². The molecule has 1 heterocycles. The van der Waals surface area contributed by atoms with Crippen LogP contribution in [0.3, 0.4) is 0 Å². The van der Waals surface area contributed by atoms with E-state index in [1.54, 1.807) is 25.2 Å². The van der Waals surface area contributed by atoms with Gasteiger partial charge in [-0.2, -0.15) is 0 Å². The van der Waals surface area contributed by atoms with Crippen LogP contribution in [0.5, 0.6) is 5.75 Å². The van der Waals surface area contributed by atoms with E-state index in [-0.39, 0.29) is 11.8 Å². The molecule has 1 atom stereocenters. The molecule has 0 aromatic heterocycles. The summed E-state index contributed by atoms with van der Waals surface area (Å²) in [7, 11) is 3.16. The van der Waals surface area contributed by atoms with Gasteiger partial charge in [-0.1, -0.05) is 13.0 Å². The minimum absolute atomic E-state index is 0.172. The van der Waals surface area contributed by atoms with Crippen LogP contribution in [-0.4, -0.2) is 36.9 Å². The summed E-state index contributed by atoms with van der Waals surface area (Å²) in [6.07, 6.45) is 0.574. The summed E-state index contributed by atoms with van der Waals surface area (Å²) in [5.74, 6) is 0.144. The Labute approximate surface area is 106 Å². The Morgan fingerprint density at radius 1 is 1.39 bits per heavy atom. The molecule has 5 nitrogen and oxygen atoms in total. The van der Waals surface area contributed by atoms with E-state index >= 15 is 0 Å². The molecular weight excluding hydrogens is 232 g/mol. The molecule has 0 fully saturated rings. The highest BCUT2D eigenvalue weighted by Crippen LogP contribution is 2.32. The van der Waals surface area contributed by atoms with Crippen LogP contribution in [0.2, 0.25) is 0 Å². The fourth-order valence-corrected chi connectivity index (χ4v) is 2.18. The number of hydrogen-bond donors (Lipinski definition) is 1. The predicted molar refractivity (Wildman–Crippen MR) is 67.8 cm³/mol. The molecule has 1 aliphatic rings.